The minimum absolute atomic E-state index is 0.0770. The predicted molar refractivity (Wildman–Crippen MR) is 76.6 cm³/mol. The molecule has 0 spiro atoms. The highest BCUT2D eigenvalue weighted by Gasteiger charge is 2.20. The molecule has 0 saturated heterocycles. The lowest BCUT2D eigenvalue weighted by Gasteiger charge is -2.20. The van der Waals surface area contributed by atoms with Gasteiger partial charge in [0.2, 0.25) is 0 Å². The molecule has 2 N–H and O–H groups in total. The molecule has 2 aromatic rings. The Kier molecular flexibility index (Phi) is 3.36. The fraction of sp³-hybridized carbons (Fsp3) is 0.333. The van der Waals surface area contributed by atoms with Crippen LogP contribution in [0.2, 0.25) is 0 Å². The van der Waals surface area contributed by atoms with E-state index in [9.17, 15) is 0 Å². The average Bonchev–Trinajstić information content (AvgIpc) is 2.80. The predicted octanol–water partition coefficient (Wildman–Crippen LogP) is 3.96. The van der Waals surface area contributed by atoms with Crippen molar-refractivity contribution in [3.8, 4) is 10.4 Å². The molecule has 0 amide bonds. The second-order valence-electron chi connectivity index (χ2n) is 5.12. The summed E-state index contributed by atoms with van der Waals surface area (Å²) in [6, 6.07) is 13.1. The Labute approximate surface area is 107 Å². The van der Waals surface area contributed by atoms with Crippen LogP contribution >= 0.6 is 11.3 Å². The van der Waals surface area contributed by atoms with Gasteiger partial charge >= 0.3 is 0 Å². The Hall–Kier alpha value is -1.12. The SMILES string of the molecule is Cc1ccc(-c2ccc(C(C)(C)CN)s2)cc1. The van der Waals surface area contributed by atoms with Gasteiger partial charge in [-0.25, -0.2) is 0 Å². The van der Waals surface area contributed by atoms with Gasteiger partial charge in [-0.15, -0.1) is 11.3 Å². The van der Waals surface area contributed by atoms with Gasteiger partial charge in [0.25, 0.3) is 0 Å². The molecule has 0 aliphatic heterocycles. The fourth-order valence-electron chi connectivity index (χ4n) is 1.68. The van der Waals surface area contributed by atoms with Gasteiger partial charge < -0.3 is 5.73 Å². The zero-order valence-corrected chi connectivity index (χ0v) is 11.5. The highest BCUT2D eigenvalue weighted by atomic mass is 32.1. The van der Waals surface area contributed by atoms with Gasteiger partial charge in [0.15, 0.2) is 0 Å². The van der Waals surface area contributed by atoms with Crippen molar-refractivity contribution in [2.45, 2.75) is 26.2 Å². The maximum atomic E-state index is 5.81. The van der Waals surface area contributed by atoms with E-state index in [0.29, 0.717) is 6.54 Å². The van der Waals surface area contributed by atoms with Crippen LogP contribution in [0.3, 0.4) is 0 Å². The third kappa shape index (κ3) is 2.59. The van der Waals surface area contributed by atoms with Crippen LogP contribution in [0.15, 0.2) is 36.4 Å². The van der Waals surface area contributed by atoms with Crippen molar-refractivity contribution in [3.05, 3.63) is 46.8 Å². The lowest BCUT2D eigenvalue weighted by Crippen LogP contribution is -2.26. The van der Waals surface area contributed by atoms with Crippen molar-refractivity contribution < 1.29 is 0 Å². The molecule has 0 aliphatic rings. The monoisotopic (exact) mass is 245 g/mol. The van der Waals surface area contributed by atoms with Crippen molar-refractivity contribution in [1.82, 2.24) is 0 Å². The number of hydrogen-bond donors (Lipinski definition) is 1. The van der Waals surface area contributed by atoms with E-state index in [2.05, 4.69) is 57.2 Å². The molecule has 0 unspecified atom stereocenters. The Balaban J connectivity index is 2.33. The lowest BCUT2D eigenvalue weighted by atomic mass is 9.92. The van der Waals surface area contributed by atoms with Gasteiger partial charge in [0.1, 0.15) is 0 Å². The van der Waals surface area contributed by atoms with Crippen LogP contribution in [0.5, 0.6) is 0 Å². The lowest BCUT2D eigenvalue weighted by molar-refractivity contribution is 0.550. The second-order valence-corrected chi connectivity index (χ2v) is 6.20. The fourth-order valence-corrected chi connectivity index (χ4v) is 2.80. The summed E-state index contributed by atoms with van der Waals surface area (Å²) in [5.74, 6) is 0. The number of aryl methyl sites for hydroxylation is 1. The van der Waals surface area contributed by atoms with Crippen LogP contribution in [0, 0.1) is 6.92 Å². The third-order valence-corrected chi connectivity index (χ3v) is 4.62. The quantitative estimate of drug-likeness (QED) is 0.870. The van der Waals surface area contributed by atoms with Crippen LogP contribution in [0.4, 0.5) is 0 Å². The largest absolute Gasteiger partial charge is 0.330 e. The zero-order valence-electron chi connectivity index (χ0n) is 10.7. The summed E-state index contributed by atoms with van der Waals surface area (Å²) >= 11 is 1.84. The summed E-state index contributed by atoms with van der Waals surface area (Å²) in [4.78, 5) is 2.68. The zero-order chi connectivity index (χ0) is 12.5. The first-order valence-electron chi connectivity index (χ1n) is 5.90. The standard InChI is InChI=1S/C15H19NS/c1-11-4-6-12(7-5-11)13-8-9-14(17-13)15(2,3)10-16/h4-9H,10,16H2,1-3H3. The number of thiophene rings is 1. The Morgan fingerprint density at radius 3 is 2.29 bits per heavy atom. The van der Waals surface area contributed by atoms with Gasteiger partial charge in [0, 0.05) is 21.7 Å². The number of rotatable bonds is 3. The molecule has 90 valence electrons. The van der Waals surface area contributed by atoms with Gasteiger partial charge in [0.05, 0.1) is 0 Å². The average molecular weight is 245 g/mol. The van der Waals surface area contributed by atoms with Crippen molar-refractivity contribution >= 4 is 11.3 Å². The molecular weight excluding hydrogens is 226 g/mol. The van der Waals surface area contributed by atoms with Gasteiger partial charge in [-0.2, -0.15) is 0 Å². The summed E-state index contributed by atoms with van der Waals surface area (Å²) in [6.45, 7) is 7.18. The number of benzene rings is 1. The van der Waals surface area contributed by atoms with Crippen LogP contribution in [-0.2, 0) is 5.41 Å². The van der Waals surface area contributed by atoms with Crippen LogP contribution < -0.4 is 5.73 Å². The minimum atomic E-state index is 0.0770. The summed E-state index contributed by atoms with van der Waals surface area (Å²) in [7, 11) is 0. The number of hydrogen-bond acceptors (Lipinski definition) is 2. The second kappa shape index (κ2) is 4.63. The van der Waals surface area contributed by atoms with Crippen molar-refractivity contribution in [2.24, 2.45) is 5.73 Å². The van der Waals surface area contributed by atoms with Crippen molar-refractivity contribution in [2.75, 3.05) is 6.54 Å². The molecule has 2 rings (SSSR count). The molecule has 1 nitrogen and oxygen atoms in total. The molecule has 0 fully saturated rings. The molecule has 2 heteroatoms. The maximum Gasteiger partial charge on any atom is 0.0345 e. The van der Waals surface area contributed by atoms with Crippen molar-refractivity contribution in [3.63, 3.8) is 0 Å². The minimum Gasteiger partial charge on any atom is -0.330 e. The summed E-state index contributed by atoms with van der Waals surface area (Å²) in [5, 5.41) is 0. The Bertz CT molecular complexity index is 494. The smallest absolute Gasteiger partial charge is 0.0345 e. The molecule has 0 aliphatic carbocycles. The molecule has 0 radical (unpaired) electrons. The third-order valence-electron chi connectivity index (χ3n) is 3.12. The maximum absolute atomic E-state index is 5.81. The van der Waals surface area contributed by atoms with Crippen molar-refractivity contribution in [1.29, 1.82) is 0 Å². The number of nitrogens with two attached hydrogens (primary N) is 1. The molecule has 0 atom stereocenters. The van der Waals surface area contributed by atoms with E-state index in [4.69, 9.17) is 5.73 Å². The van der Waals surface area contributed by atoms with E-state index < -0.39 is 0 Å². The van der Waals surface area contributed by atoms with Gasteiger partial charge in [-0.1, -0.05) is 43.7 Å². The van der Waals surface area contributed by atoms with E-state index in [0.717, 1.165) is 0 Å². The topological polar surface area (TPSA) is 26.0 Å². The van der Waals surface area contributed by atoms with E-state index >= 15 is 0 Å². The Morgan fingerprint density at radius 1 is 1.06 bits per heavy atom. The van der Waals surface area contributed by atoms with Gasteiger partial charge in [-0.3, -0.25) is 0 Å². The first-order chi connectivity index (χ1) is 8.03. The normalized spacial score (nSPS) is 11.8. The molecule has 0 bridgehead atoms. The van der Waals surface area contributed by atoms with E-state index in [-0.39, 0.29) is 5.41 Å². The van der Waals surface area contributed by atoms with Crippen LogP contribution in [0.1, 0.15) is 24.3 Å². The highest BCUT2D eigenvalue weighted by Crippen LogP contribution is 2.34. The van der Waals surface area contributed by atoms with Crippen LogP contribution in [0.25, 0.3) is 10.4 Å². The Morgan fingerprint density at radius 2 is 1.71 bits per heavy atom. The molecule has 0 saturated carbocycles. The molecule has 1 aromatic heterocycles. The highest BCUT2D eigenvalue weighted by molar-refractivity contribution is 7.15. The summed E-state index contributed by atoms with van der Waals surface area (Å²) in [5.41, 5.74) is 8.48. The molecular formula is C15H19NS. The first-order valence-corrected chi connectivity index (χ1v) is 6.72. The van der Waals surface area contributed by atoms with Crippen LogP contribution in [-0.4, -0.2) is 6.54 Å². The summed E-state index contributed by atoms with van der Waals surface area (Å²) in [6.07, 6.45) is 0. The first kappa shape index (κ1) is 12.3. The molecule has 17 heavy (non-hydrogen) atoms. The van der Waals surface area contributed by atoms with E-state index in [1.165, 1.54) is 20.9 Å². The van der Waals surface area contributed by atoms with E-state index in [1.807, 2.05) is 11.3 Å². The molecule has 1 aromatic carbocycles. The molecule has 1 heterocycles. The summed E-state index contributed by atoms with van der Waals surface area (Å²) < 4.78 is 0. The van der Waals surface area contributed by atoms with E-state index in [1.54, 1.807) is 0 Å². The van der Waals surface area contributed by atoms with Gasteiger partial charge in [-0.05, 0) is 24.6 Å².